The molecule has 0 radical (unpaired) electrons. The fourth-order valence-electron chi connectivity index (χ4n) is 4.04. The van der Waals surface area contributed by atoms with Crippen LogP contribution in [0, 0.1) is 10.7 Å². The molecule has 1 aromatic heterocycles. The van der Waals surface area contributed by atoms with E-state index in [9.17, 15) is 9.59 Å². The van der Waals surface area contributed by atoms with E-state index >= 15 is 0 Å². The lowest BCUT2D eigenvalue weighted by Crippen LogP contribution is -2.27. The summed E-state index contributed by atoms with van der Waals surface area (Å²) in [6, 6.07) is 5.09. The average Bonchev–Trinajstić information content (AvgIpc) is 3.07. The Morgan fingerprint density at radius 3 is 2.34 bits per heavy atom. The number of rotatable bonds is 5. The Balaban J connectivity index is 2.26. The number of ether oxygens (including phenoxy) is 2. The van der Waals surface area contributed by atoms with Crippen LogP contribution in [0.4, 0.5) is 0 Å². The number of hydrogen-bond donors (Lipinski definition) is 1. The van der Waals surface area contributed by atoms with Gasteiger partial charge in [-0.15, -0.1) is 0 Å². The number of aromatic nitrogens is 2. The summed E-state index contributed by atoms with van der Waals surface area (Å²) in [5.74, 6) is -1.15. The summed E-state index contributed by atoms with van der Waals surface area (Å²) in [5, 5.41) is 0.860. The number of halogens is 2. The van der Waals surface area contributed by atoms with E-state index in [0.717, 1.165) is 31.2 Å². The van der Waals surface area contributed by atoms with Gasteiger partial charge in [0.15, 0.2) is 16.2 Å². The molecule has 1 aliphatic carbocycles. The summed E-state index contributed by atoms with van der Waals surface area (Å²) < 4.78 is 11.7. The molecular weight excluding hydrogens is 435 g/mol. The van der Waals surface area contributed by atoms with Crippen LogP contribution in [0.2, 0.25) is 10.0 Å². The maximum Gasteiger partial charge on any atom is 0.357 e. The molecule has 0 saturated heterocycles. The maximum atomic E-state index is 12.7. The number of aromatic amines is 1. The first-order chi connectivity index (χ1) is 13.9. The number of carbonyl (C=O) groups excluding carboxylic acids is 2. The number of nitrogens with one attached hydrogen (secondary N) is 1. The molecule has 1 heterocycles. The zero-order valence-electron chi connectivity index (χ0n) is 16.2. The summed E-state index contributed by atoms with van der Waals surface area (Å²) in [6.45, 7) is 0. The molecule has 1 aliphatic rings. The minimum absolute atomic E-state index is 0.0229. The first-order valence-corrected chi connectivity index (χ1v) is 10.5. The Hall–Kier alpha value is -1.83. The molecular formula is C20H22Cl2N2O4S. The summed E-state index contributed by atoms with van der Waals surface area (Å²) in [5.41, 5.74) is 0.888. The summed E-state index contributed by atoms with van der Waals surface area (Å²) in [4.78, 5) is 27.8. The van der Waals surface area contributed by atoms with Crippen LogP contribution in [0.25, 0.3) is 0 Å². The second kappa shape index (κ2) is 9.32. The summed E-state index contributed by atoms with van der Waals surface area (Å²) >= 11 is 17.9. The lowest BCUT2D eigenvalue weighted by Gasteiger charge is -2.32. The van der Waals surface area contributed by atoms with Gasteiger partial charge in [0.2, 0.25) is 0 Å². The van der Waals surface area contributed by atoms with Crippen LogP contribution >= 0.6 is 35.4 Å². The molecule has 1 fully saturated rings. The molecule has 0 bridgehead atoms. The van der Waals surface area contributed by atoms with Crippen LogP contribution in [-0.2, 0) is 9.47 Å². The maximum absolute atomic E-state index is 12.7. The number of methoxy groups -OCH3 is 2. The highest BCUT2D eigenvalue weighted by Gasteiger charge is 2.34. The fourth-order valence-corrected chi connectivity index (χ4v) is 4.65. The molecule has 3 rings (SSSR count). The van der Waals surface area contributed by atoms with Crippen LogP contribution < -0.4 is 0 Å². The van der Waals surface area contributed by atoms with Crippen molar-refractivity contribution in [2.24, 2.45) is 5.92 Å². The lowest BCUT2D eigenvalue weighted by molar-refractivity contribution is 0.0540. The second-order valence-electron chi connectivity index (χ2n) is 7.02. The van der Waals surface area contributed by atoms with Gasteiger partial charge in [0, 0.05) is 0 Å². The van der Waals surface area contributed by atoms with Crippen molar-refractivity contribution in [1.29, 1.82) is 0 Å². The number of carbonyl (C=O) groups is 2. The Kier molecular flexibility index (Phi) is 7.03. The third-order valence-corrected chi connectivity index (χ3v) is 6.39. The van der Waals surface area contributed by atoms with Crippen molar-refractivity contribution in [2.75, 3.05) is 14.2 Å². The van der Waals surface area contributed by atoms with E-state index < -0.39 is 11.9 Å². The van der Waals surface area contributed by atoms with Gasteiger partial charge in [0.25, 0.3) is 0 Å². The second-order valence-corrected chi connectivity index (χ2v) is 8.22. The third kappa shape index (κ3) is 4.37. The van der Waals surface area contributed by atoms with Gasteiger partial charge in [-0.1, -0.05) is 48.5 Å². The van der Waals surface area contributed by atoms with Crippen molar-refractivity contribution < 1.29 is 19.1 Å². The van der Waals surface area contributed by atoms with Crippen molar-refractivity contribution in [2.45, 2.75) is 38.1 Å². The number of imidazole rings is 1. The highest BCUT2D eigenvalue weighted by atomic mass is 35.5. The first-order valence-electron chi connectivity index (χ1n) is 9.35. The molecule has 0 spiro atoms. The summed E-state index contributed by atoms with van der Waals surface area (Å²) in [7, 11) is 2.51. The molecule has 1 N–H and O–H groups in total. The predicted molar refractivity (Wildman–Crippen MR) is 113 cm³/mol. The van der Waals surface area contributed by atoms with E-state index in [0.29, 0.717) is 10.0 Å². The van der Waals surface area contributed by atoms with Crippen molar-refractivity contribution in [1.82, 2.24) is 9.55 Å². The molecule has 156 valence electrons. The monoisotopic (exact) mass is 456 g/mol. The molecule has 1 aromatic carbocycles. The van der Waals surface area contributed by atoms with E-state index in [1.54, 1.807) is 16.7 Å². The molecule has 0 aliphatic heterocycles. The molecule has 9 heteroatoms. The van der Waals surface area contributed by atoms with Gasteiger partial charge in [-0.2, -0.15) is 0 Å². The van der Waals surface area contributed by atoms with Gasteiger partial charge in [-0.25, -0.2) is 9.59 Å². The van der Waals surface area contributed by atoms with Crippen LogP contribution in [-0.4, -0.2) is 35.7 Å². The van der Waals surface area contributed by atoms with Gasteiger partial charge >= 0.3 is 11.9 Å². The van der Waals surface area contributed by atoms with Gasteiger partial charge < -0.3 is 19.0 Å². The van der Waals surface area contributed by atoms with Gasteiger partial charge in [-0.3, -0.25) is 0 Å². The minimum atomic E-state index is -0.688. The van der Waals surface area contributed by atoms with Crippen LogP contribution in [0.3, 0.4) is 0 Å². The van der Waals surface area contributed by atoms with Crippen molar-refractivity contribution in [3.05, 3.63) is 50.0 Å². The smallest absolute Gasteiger partial charge is 0.357 e. The standard InChI is InChI=1S/C20H22Cl2N2O4S/c1-27-18(25)15-17(19(26)28-2)24(20(29)23-15)16(11-6-4-3-5-7-11)12-8-9-13(21)14(22)10-12/h8-11,16H,3-7H2,1-2H3,(H,23,29). The third-order valence-electron chi connectivity index (χ3n) is 5.36. The quantitative estimate of drug-likeness (QED) is 0.468. The number of H-pyrrole nitrogens is 1. The largest absolute Gasteiger partial charge is 0.464 e. The molecule has 1 unspecified atom stereocenters. The van der Waals surface area contributed by atoms with Gasteiger partial charge in [0.1, 0.15) is 0 Å². The van der Waals surface area contributed by atoms with E-state index in [1.807, 2.05) is 6.07 Å². The first kappa shape index (κ1) is 21.9. The fraction of sp³-hybridized carbons (Fsp3) is 0.450. The van der Waals surface area contributed by atoms with Crippen LogP contribution in [0.1, 0.15) is 64.7 Å². The average molecular weight is 457 g/mol. The Labute approximate surface area is 184 Å². The van der Waals surface area contributed by atoms with Gasteiger partial charge in [-0.05, 0) is 48.7 Å². The Morgan fingerprint density at radius 2 is 1.76 bits per heavy atom. The zero-order chi connectivity index (χ0) is 21.1. The van der Waals surface area contributed by atoms with Crippen LogP contribution in [0.15, 0.2) is 18.2 Å². The van der Waals surface area contributed by atoms with E-state index in [2.05, 4.69) is 4.98 Å². The van der Waals surface area contributed by atoms with E-state index in [-0.39, 0.29) is 28.1 Å². The van der Waals surface area contributed by atoms with Crippen molar-refractivity contribution in [3.8, 4) is 0 Å². The molecule has 6 nitrogen and oxygen atoms in total. The minimum Gasteiger partial charge on any atom is -0.464 e. The highest BCUT2D eigenvalue weighted by molar-refractivity contribution is 7.71. The SMILES string of the molecule is COC(=O)c1[nH]c(=S)n(C(c2ccc(Cl)c(Cl)c2)C2CCCCC2)c1C(=O)OC. The van der Waals surface area contributed by atoms with E-state index in [4.69, 9.17) is 44.9 Å². The predicted octanol–water partition coefficient (Wildman–Crippen LogP) is 5.60. The zero-order valence-corrected chi connectivity index (χ0v) is 18.5. The molecule has 1 atom stereocenters. The number of esters is 2. The topological polar surface area (TPSA) is 73.3 Å². The highest BCUT2D eigenvalue weighted by Crippen LogP contribution is 2.40. The van der Waals surface area contributed by atoms with E-state index in [1.165, 1.54) is 20.6 Å². The number of hydrogen-bond acceptors (Lipinski definition) is 5. The molecule has 0 amide bonds. The number of nitrogens with zero attached hydrogens (tertiary/aromatic N) is 1. The molecule has 1 saturated carbocycles. The molecule has 2 aromatic rings. The number of benzene rings is 1. The normalized spacial score (nSPS) is 15.7. The van der Waals surface area contributed by atoms with Crippen LogP contribution in [0.5, 0.6) is 0 Å². The Morgan fingerprint density at radius 1 is 1.10 bits per heavy atom. The molecule has 29 heavy (non-hydrogen) atoms. The summed E-state index contributed by atoms with van der Waals surface area (Å²) in [6.07, 6.45) is 5.26. The lowest BCUT2D eigenvalue weighted by atomic mass is 9.81. The Bertz CT molecular complexity index is 979. The van der Waals surface area contributed by atoms with Gasteiger partial charge in [0.05, 0.1) is 30.3 Å². The van der Waals surface area contributed by atoms with Crippen molar-refractivity contribution in [3.63, 3.8) is 0 Å². The van der Waals surface area contributed by atoms with Crippen molar-refractivity contribution >= 4 is 47.4 Å².